The minimum absolute atomic E-state index is 0.433. The molecule has 1 N–H and O–H groups in total. The Bertz CT molecular complexity index is 2250. The molecule has 0 radical (unpaired) electrons. The summed E-state index contributed by atoms with van der Waals surface area (Å²) in [5.74, 6) is 1.10. The van der Waals surface area contributed by atoms with Gasteiger partial charge in [0.05, 0.1) is 11.2 Å². The first kappa shape index (κ1) is 30.4. The zero-order valence-corrected chi connectivity index (χ0v) is 27.4. The van der Waals surface area contributed by atoms with Crippen LogP contribution in [0.5, 0.6) is 0 Å². The molecule has 232 valence electrons. The molecular formula is C37H29ClN6O2S. The molecule has 7 aromatic rings. The molecule has 0 aliphatic heterocycles. The van der Waals surface area contributed by atoms with E-state index < -0.39 is 11.7 Å². The Balaban J connectivity index is 1.13. The third-order valence-corrected chi connectivity index (χ3v) is 8.49. The van der Waals surface area contributed by atoms with E-state index in [1.165, 1.54) is 11.8 Å². The number of nitrogens with one attached hydrogen (secondary N) is 1. The van der Waals surface area contributed by atoms with Crippen molar-refractivity contribution in [3.05, 3.63) is 120 Å². The third-order valence-electron chi connectivity index (χ3n) is 7.29. The topological polar surface area (TPSA) is 94.8 Å². The summed E-state index contributed by atoms with van der Waals surface area (Å²) < 4.78 is 7.27. The van der Waals surface area contributed by atoms with Gasteiger partial charge in [-0.1, -0.05) is 78.0 Å². The fourth-order valence-electron chi connectivity index (χ4n) is 5.23. The van der Waals surface area contributed by atoms with Crippen molar-refractivity contribution in [1.29, 1.82) is 0 Å². The van der Waals surface area contributed by atoms with Gasteiger partial charge in [-0.2, -0.15) is 0 Å². The number of para-hydroxylation sites is 1. The first-order chi connectivity index (χ1) is 22.7. The monoisotopic (exact) mass is 656 g/mol. The van der Waals surface area contributed by atoms with Crippen LogP contribution in [-0.2, 0) is 4.74 Å². The van der Waals surface area contributed by atoms with E-state index in [0.29, 0.717) is 22.4 Å². The smallest absolute Gasteiger partial charge is 0.419 e. The summed E-state index contributed by atoms with van der Waals surface area (Å²) in [6, 6.07) is 35.1. The predicted octanol–water partition coefficient (Wildman–Crippen LogP) is 10.0. The molecule has 0 saturated carbocycles. The average molecular weight is 657 g/mol. The van der Waals surface area contributed by atoms with Crippen LogP contribution in [0.3, 0.4) is 0 Å². The van der Waals surface area contributed by atoms with Crippen LogP contribution >= 0.6 is 23.4 Å². The van der Waals surface area contributed by atoms with E-state index in [9.17, 15) is 4.79 Å². The summed E-state index contributed by atoms with van der Waals surface area (Å²) in [4.78, 5) is 23.6. The van der Waals surface area contributed by atoms with Gasteiger partial charge in [-0.15, -0.1) is 10.2 Å². The number of halogens is 1. The molecule has 0 spiro atoms. The third kappa shape index (κ3) is 6.54. The minimum Gasteiger partial charge on any atom is -0.443 e. The Morgan fingerprint density at radius 2 is 1.57 bits per heavy atom. The van der Waals surface area contributed by atoms with Gasteiger partial charge in [-0.3, -0.25) is 0 Å². The number of hydrogen-bond donors (Lipinski definition) is 1. The van der Waals surface area contributed by atoms with Crippen molar-refractivity contribution < 1.29 is 9.53 Å². The molecule has 0 aliphatic rings. The maximum atomic E-state index is 13.3. The van der Waals surface area contributed by atoms with Gasteiger partial charge in [0.15, 0.2) is 11.6 Å². The second kappa shape index (κ2) is 12.5. The van der Waals surface area contributed by atoms with Gasteiger partial charge in [0.25, 0.3) is 0 Å². The molecule has 10 heteroatoms. The Labute approximate surface area is 280 Å². The summed E-state index contributed by atoms with van der Waals surface area (Å²) in [6.07, 6.45) is 1.23. The van der Waals surface area contributed by atoms with Crippen molar-refractivity contribution in [1.82, 2.24) is 24.7 Å². The number of nitrogens with zero attached hydrogens (tertiary/aromatic N) is 5. The summed E-state index contributed by atoms with van der Waals surface area (Å²) >= 11 is 7.60. The number of anilines is 2. The van der Waals surface area contributed by atoms with Gasteiger partial charge in [0.2, 0.25) is 0 Å². The number of carbonyl (C=O) groups excluding carboxylic acids is 1. The Hall–Kier alpha value is -5.25. The molecule has 0 atom stereocenters. The van der Waals surface area contributed by atoms with E-state index in [1.807, 2.05) is 130 Å². The normalized spacial score (nSPS) is 11.6. The molecule has 0 unspecified atom stereocenters. The van der Waals surface area contributed by atoms with Crippen molar-refractivity contribution >= 4 is 62.6 Å². The molecule has 0 amide bonds. The summed E-state index contributed by atoms with van der Waals surface area (Å²) in [7, 11) is 0. The molecule has 4 aromatic carbocycles. The van der Waals surface area contributed by atoms with E-state index in [2.05, 4.69) is 20.5 Å². The first-order valence-electron chi connectivity index (χ1n) is 15.0. The predicted molar refractivity (Wildman–Crippen MR) is 188 cm³/mol. The number of aromatic nitrogens is 5. The number of benzene rings is 4. The van der Waals surface area contributed by atoms with Gasteiger partial charge < -0.3 is 10.1 Å². The Kier molecular flexibility index (Phi) is 8.09. The number of rotatable bonds is 6. The SMILES string of the molecule is CC(C)(C)OC(=O)n1c(-c2nccc(Sc3ccc(Nc4nnc(-c5ccc(Cl)cc5)c5ccccc45)cc3)n2)cc2ccccc21. The highest BCUT2D eigenvalue weighted by Gasteiger charge is 2.24. The fraction of sp³-hybridized carbons (Fsp3) is 0.108. The van der Waals surface area contributed by atoms with Crippen molar-refractivity contribution in [3.63, 3.8) is 0 Å². The molecule has 3 heterocycles. The summed E-state index contributed by atoms with van der Waals surface area (Å²) in [5.41, 5.74) is 3.27. The van der Waals surface area contributed by atoms with Gasteiger partial charge in [-0.25, -0.2) is 19.3 Å². The van der Waals surface area contributed by atoms with Gasteiger partial charge >= 0.3 is 6.09 Å². The molecule has 0 saturated heterocycles. The zero-order valence-electron chi connectivity index (χ0n) is 25.8. The minimum atomic E-state index is -0.653. The summed E-state index contributed by atoms with van der Waals surface area (Å²) in [6.45, 7) is 5.54. The van der Waals surface area contributed by atoms with Crippen LogP contribution in [0.25, 0.3) is 44.5 Å². The van der Waals surface area contributed by atoms with E-state index in [0.717, 1.165) is 48.5 Å². The lowest BCUT2D eigenvalue weighted by molar-refractivity contribution is 0.0547. The summed E-state index contributed by atoms with van der Waals surface area (Å²) in [5, 5.41) is 16.8. The largest absolute Gasteiger partial charge is 0.443 e. The van der Waals surface area contributed by atoms with E-state index in [1.54, 1.807) is 10.8 Å². The lowest BCUT2D eigenvalue weighted by atomic mass is 10.0. The van der Waals surface area contributed by atoms with Crippen molar-refractivity contribution in [2.45, 2.75) is 36.3 Å². The van der Waals surface area contributed by atoms with Crippen LogP contribution in [0.1, 0.15) is 20.8 Å². The zero-order chi connectivity index (χ0) is 32.5. The maximum Gasteiger partial charge on any atom is 0.419 e. The van der Waals surface area contributed by atoms with Crippen LogP contribution < -0.4 is 5.32 Å². The van der Waals surface area contributed by atoms with Gasteiger partial charge in [0, 0.05) is 43.5 Å². The second-order valence-electron chi connectivity index (χ2n) is 11.8. The standard InChI is InChI=1S/C37H29ClN6O2S/c1-37(2,3)46-36(45)44-30-11-7-4-8-24(30)22-31(44)35-39-21-20-32(41-35)47-27-18-16-26(17-19-27)40-34-29-10-6-5-9-28(29)33(42-43-34)23-12-14-25(38)15-13-23/h4-22H,1-3H3,(H,40,43). The molecular weight excluding hydrogens is 628 g/mol. The Morgan fingerprint density at radius 3 is 2.34 bits per heavy atom. The highest BCUT2D eigenvalue weighted by molar-refractivity contribution is 7.99. The second-order valence-corrected chi connectivity index (χ2v) is 13.4. The molecule has 7 rings (SSSR count). The van der Waals surface area contributed by atoms with Crippen LogP contribution in [-0.4, -0.2) is 36.4 Å². The molecule has 0 fully saturated rings. The fourth-order valence-corrected chi connectivity index (χ4v) is 6.13. The highest BCUT2D eigenvalue weighted by Crippen LogP contribution is 2.34. The first-order valence-corrected chi connectivity index (χ1v) is 16.1. The molecule has 8 nitrogen and oxygen atoms in total. The lowest BCUT2D eigenvalue weighted by Crippen LogP contribution is -2.27. The molecule has 0 bridgehead atoms. The van der Waals surface area contributed by atoms with E-state index >= 15 is 0 Å². The van der Waals surface area contributed by atoms with E-state index in [-0.39, 0.29) is 0 Å². The van der Waals surface area contributed by atoms with Crippen molar-refractivity contribution in [3.8, 4) is 22.8 Å². The number of ether oxygens (including phenoxy) is 1. The average Bonchev–Trinajstić information content (AvgIpc) is 3.46. The van der Waals surface area contributed by atoms with Crippen LogP contribution in [0.15, 0.2) is 125 Å². The maximum absolute atomic E-state index is 13.3. The quantitative estimate of drug-likeness (QED) is 0.177. The van der Waals surface area contributed by atoms with Crippen molar-refractivity contribution in [2.24, 2.45) is 0 Å². The van der Waals surface area contributed by atoms with Crippen LogP contribution in [0.4, 0.5) is 16.3 Å². The van der Waals surface area contributed by atoms with Crippen molar-refractivity contribution in [2.75, 3.05) is 5.32 Å². The lowest BCUT2D eigenvalue weighted by Gasteiger charge is -2.20. The number of fused-ring (bicyclic) bond motifs is 2. The highest BCUT2D eigenvalue weighted by atomic mass is 35.5. The van der Waals surface area contributed by atoms with Gasteiger partial charge in [0.1, 0.15) is 16.3 Å². The molecule has 47 heavy (non-hydrogen) atoms. The van der Waals surface area contributed by atoms with Crippen LogP contribution in [0.2, 0.25) is 5.02 Å². The number of hydrogen-bond acceptors (Lipinski definition) is 8. The molecule has 3 aromatic heterocycles. The van der Waals surface area contributed by atoms with E-state index in [4.69, 9.17) is 21.3 Å². The Morgan fingerprint density at radius 1 is 0.851 bits per heavy atom. The molecule has 0 aliphatic carbocycles. The van der Waals surface area contributed by atoms with Gasteiger partial charge in [-0.05, 0) is 75.4 Å². The number of carbonyl (C=O) groups is 1. The van der Waals surface area contributed by atoms with Crippen LogP contribution in [0, 0.1) is 0 Å².